The van der Waals surface area contributed by atoms with Gasteiger partial charge in [-0.05, 0) is 36.1 Å². The molecule has 0 bridgehead atoms. The Kier molecular flexibility index (Phi) is 6.52. The minimum Gasteiger partial charge on any atom is -0.496 e. The molecule has 6 heteroatoms. The van der Waals surface area contributed by atoms with Crippen molar-refractivity contribution in [1.82, 2.24) is 5.32 Å². The zero-order valence-corrected chi connectivity index (χ0v) is 14.7. The van der Waals surface area contributed by atoms with Gasteiger partial charge in [0.1, 0.15) is 17.1 Å². The van der Waals surface area contributed by atoms with Crippen molar-refractivity contribution in [2.75, 3.05) is 27.0 Å². The van der Waals surface area contributed by atoms with Crippen LogP contribution < -0.4 is 14.8 Å². The third kappa shape index (κ3) is 4.21. The van der Waals surface area contributed by atoms with E-state index in [4.69, 9.17) is 9.47 Å². The van der Waals surface area contributed by atoms with Gasteiger partial charge >= 0.3 is 0 Å². The molecule has 1 amide bonds. The van der Waals surface area contributed by atoms with Crippen molar-refractivity contribution in [1.29, 1.82) is 0 Å². The van der Waals surface area contributed by atoms with E-state index in [9.17, 15) is 9.90 Å². The fraction of sp³-hybridized carbons (Fsp3) is 0.278. The molecule has 2 rings (SSSR count). The molecule has 2 aromatic carbocycles. The molecule has 0 aliphatic heterocycles. The molecule has 0 aliphatic rings. The number of aliphatic hydroxyl groups excluding tert-OH is 1. The number of rotatable bonds is 7. The summed E-state index contributed by atoms with van der Waals surface area (Å²) in [5.74, 6) is 0.486. The lowest BCUT2D eigenvalue weighted by molar-refractivity contribution is 0.0910. The van der Waals surface area contributed by atoms with E-state index >= 15 is 0 Å². The highest BCUT2D eigenvalue weighted by Crippen LogP contribution is 2.28. The van der Waals surface area contributed by atoms with Crippen LogP contribution in [0, 0.1) is 0 Å². The first-order chi connectivity index (χ1) is 11.6. The second-order valence-electron chi connectivity index (χ2n) is 5.04. The van der Waals surface area contributed by atoms with Gasteiger partial charge in [-0.3, -0.25) is 4.79 Å². The first-order valence-corrected chi connectivity index (χ1v) is 8.64. The quantitative estimate of drug-likeness (QED) is 0.754. The lowest BCUT2D eigenvalue weighted by Gasteiger charge is -2.15. The summed E-state index contributed by atoms with van der Waals surface area (Å²) in [6.07, 6.45) is 1.21. The van der Waals surface area contributed by atoms with E-state index in [-0.39, 0.29) is 12.5 Å². The van der Waals surface area contributed by atoms with Crippen LogP contribution in [0.1, 0.15) is 22.0 Å². The molecule has 0 heterocycles. The maximum atomic E-state index is 12.5. The van der Waals surface area contributed by atoms with E-state index in [0.717, 1.165) is 10.5 Å². The van der Waals surface area contributed by atoms with Crippen LogP contribution in [-0.4, -0.2) is 38.0 Å². The van der Waals surface area contributed by atoms with Crippen LogP contribution in [0.15, 0.2) is 47.4 Å². The standard InChI is InChI=1S/C18H21NO4S/c1-22-15-5-4-6-16(23-2)17(15)18(21)19-11-14(20)12-7-9-13(24-3)10-8-12/h4-10,14,20H,11H2,1-3H3,(H,19,21)/t14-/m0/s1. The number of amides is 1. The Hall–Kier alpha value is -2.18. The largest absolute Gasteiger partial charge is 0.496 e. The summed E-state index contributed by atoms with van der Waals surface area (Å²) in [6.45, 7) is 0.0959. The van der Waals surface area contributed by atoms with Crippen LogP contribution in [0.5, 0.6) is 11.5 Å². The maximum Gasteiger partial charge on any atom is 0.258 e. The van der Waals surface area contributed by atoms with Gasteiger partial charge in [0.2, 0.25) is 0 Å². The summed E-state index contributed by atoms with van der Waals surface area (Å²) in [7, 11) is 2.99. The van der Waals surface area contributed by atoms with Crippen LogP contribution in [0.2, 0.25) is 0 Å². The molecule has 24 heavy (non-hydrogen) atoms. The molecule has 2 aromatic rings. The molecular formula is C18H21NO4S. The van der Waals surface area contributed by atoms with Crippen molar-refractivity contribution in [3.8, 4) is 11.5 Å². The highest BCUT2D eigenvalue weighted by molar-refractivity contribution is 7.98. The zero-order chi connectivity index (χ0) is 17.5. The number of methoxy groups -OCH3 is 2. The molecule has 0 fully saturated rings. The molecule has 0 radical (unpaired) electrons. The number of nitrogens with one attached hydrogen (secondary N) is 1. The highest BCUT2D eigenvalue weighted by Gasteiger charge is 2.19. The molecule has 0 spiro atoms. The fourth-order valence-corrected chi connectivity index (χ4v) is 2.70. The van der Waals surface area contributed by atoms with Gasteiger partial charge in [-0.2, -0.15) is 0 Å². The topological polar surface area (TPSA) is 67.8 Å². The molecule has 5 nitrogen and oxygen atoms in total. The molecule has 0 unspecified atom stereocenters. The average molecular weight is 347 g/mol. The van der Waals surface area contributed by atoms with Crippen LogP contribution in [0.3, 0.4) is 0 Å². The van der Waals surface area contributed by atoms with Crippen LogP contribution in [0.4, 0.5) is 0 Å². The predicted molar refractivity (Wildman–Crippen MR) is 95.1 cm³/mol. The van der Waals surface area contributed by atoms with Crippen molar-refractivity contribution < 1.29 is 19.4 Å². The van der Waals surface area contributed by atoms with Gasteiger partial charge < -0.3 is 19.9 Å². The number of ether oxygens (including phenoxy) is 2. The van der Waals surface area contributed by atoms with Gasteiger partial charge in [0.25, 0.3) is 5.91 Å². The molecule has 0 aromatic heterocycles. The zero-order valence-electron chi connectivity index (χ0n) is 13.9. The van der Waals surface area contributed by atoms with E-state index in [1.807, 2.05) is 30.5 Å². The smallest absolute Gasteiger partial charge is 0.258 e. The van der Waals surface area contributed by atoms with Crippen LogP contribution in [0.25, 0.3) is 0 Å². The fourth-order valence-electron chi connectivity index (χ4n) is 2.30. The maximum absolute atomic E-state index is 12.5. The Bertz CT molecular complexity index is 666. The van der Waals surface area contributed by atoms with Crippen molar-refractivity contribution >= 4 is 17.7 Å². The Morgan fingerprint density at radius 3 is 2.21 bits per heavy atom. The first kappa shape index (κ1) is 18.2. The van der Waals surface area contributed by atoms with Crippen molar-refractivity contribution in [3.63, 3.8) is 0 Å². The second kappa shape index (κ2) is 8.61. The van der Waals surface area contributed by atoms with Crippen molar-refractivity contribution in [2.24, 2.45) is 0 Å². The number of hydrogen-bond donors (Lipinski definition) is 2. The minimum absolute atomic E-state index is 0.0959. The average Bonchev–Trinajstić information content (AvgIpc) is 2.65. The van der Waals surface area contributed by atoms with Crippen LogP contribution in [-0.2, 0) is 0 Å². The molecule has 0 saturated heterocycles. The number of thioether (sulfide) groups is 1. The van der Waals surface area contributed by atoms with E-state index in [1.54, 1.807) is 30.0 Å². The summed E-state index contributed by atoms with van der Waals surface area (Å²) in [5, 5.41) is 13.0. The van der Waals surface area contributed by atoms with Crippen molar-refractivity contribution in [3.05, 3.63) is 53.6 Å². The Labute approximate surface area is 146 Å². The van der Waals surface area contributed by atoms with E-state index in [2.05, 4.69) is 5.32 Å². The van der Waals surface area contributed by atoms with E-state index in [0.29, 0.717) is 17.1 Å². The Balaban J connectivity index is 2.07. The summed E-state index contributed by atoms with van der Waals surface area (Å²) < 4.78 is 10.4. The normalized spacial score (nSPS) is 11.7. The monoisotopic (exact) mass is 347 g/mol. The van der Waals surface area contributed by atoms with E-state index in [1.165, 1.54) is 14.2 Å². The predicted octanol–water partition coefficient (Wildman–Crippen LogP) is 2.89. The molecule has 0 aliphatic carbocycles. The van der Waals surface area contributed by atoms with Gasteiger partial charge in [-0.15, -0.1) is 11.8 Å². The summed E-state index contributed by atoms with van der Waals surface area (Å²) in [6, 6.07) is 12.7. The summed E-state index contributed by atoms with van der Waals surface area (Å²) in [5.41, 5.74) is 1.06. The highest BCUT2D eigenvalue weighted by atomic mass is 32.2. The Morgan fingerprint density at radius 2 is 1.71 bits per heavy atom. The molecular weight excluding hydrogens is 326 g/mol. The first-order valence-electron chi connectivity index (χ1n) is 7.42. The lowest BCUT2D eigenvalue weighted by Crippen LogP contribution is -2.29. The van der Waals surface area contributed by atoms with Gasteiger partial charge in [0.15, 0.2) is 0 Å². The molecule has 128 valence electrons. The third-order valence-electron chi connectivity index (χ3n) is 3.61. The SMILES string of the molecule is COc1cccc(OC)c1C(=O)NC[C@H](O)c1ccc(SC)cc1. The third-order valence-corrected chi connectivity index (χ3v) is 4.36. The molecule has 1 atom stereocenters. The number of carbonyl (C=O) groups excluding carboxylic acids is 1. The summed E-state index contributed by atoms with van der Waals surface area (Å²) >= 11 is 1.63. The molecule has 0 saturated carbocycles. The van der Waals surface area contributed by atoms with Crippen LogP contribution >= 0.6 is 11.8 Å². The van der Waals surface area contributed by atoms with Gasteiger partial charge in [-0.25, -0.2) is 0 Å². The van der Waals surface area contributed by atoms with Crippen molar-refractivity contribution in [2.45, 2.75) is 11.0 Å². The number of benzene rings is 2. The lowest BCUT2D eigenvalue weighted by atomic mass is 10.1. The summed E-state index contributed by atoms with van der Waals surface area (Å²) in [4.78, 5) is 13.6. The number of hydrogen-bond acceptors (Lipinski definition) is 5. The van der Waals surface area contributed by atoms with Gasteiger partial charge in [0.05, 0.1) is 20.3 Å². The van der Waals surface area contributed by atoms with E-state index < -0.39 is 6.10 Å². The molecule has 2 N–H and O–H groups in total. The second-order valence-corrected chi connectivity index (χ2v) is 5.92. The number of carbonyl (C=O) groups is 1. The Morgan fingerprint density at radius 1 is 1.12 bits per heavy atom. The minimum atomic E-state index is -0.787. The van der Waals surface area contributed by atoms with Gasteiger partial charge in [-0.1, -0.05) is 18.2 Å². The van der Waals surface area contributed by atoms with Gasteiger partial charge in [0, 0.05) is 11.4 Å². The number of aliphatic hydroxyl groups is 1.